The Bertz CT molecular complexity index is 739. The molecule has 1 N–H and O–H groups in total. The standard InChI is InChI=1S/C18H18N2O2/c1-12-7-3-5-9-14(12)19-15-11-17(21)20(18(15)22)16-10-6-4-8-13(16)2/h3-10,15,19H,11H2,1-2H3/t15-/m0/s1. The third-order valence-corrected chi connectivity index (χ3v) is 3.98. The summed E-state index contributed by atoms with van der Waals surface area (Å²) in [5.41, 5.74) is 3.53. The number of carbonyl (C=O) groups is 2. The summed E-state index contributed by atoms with van der Waals surface area (Å²) < 4.78 is 0. The van der Waals surface area contributed by atoms with Crippen molar-refractivity contribution in [3.05, 3.63) is 59.7 Å². The zero-order valence-corrected chi connectivity index (χ0v) is 12.7. The Labute approximate surface area is 129 Å². The smallest absolute Gasteiger partial charge is 0.256 e. The van der Waals surface area contributed by atoms with Gasteiger partial charge < -0.3 is 5.32 Å². The van der Waals surface area contributed by atoms with E-state index in [0.29, 0.717) is 5.69 Å². The molecule has 22 heavy (non-hydrogen) atoms. The Hall–Kier alpha value is -2.62. The highest BCUT2D eigenvalue weighted by atomic mass is 16.2. The molecule has 1 fully saturated rings. The normalized spacial score (nSPS) is 17.9. The number of imide groups is 1. The minimum atomic E-state index is -0.506. The molecule has 1 saturated heterocycles. The van der Waals surface area contributed by atoms with Gasteiger partial charge in [-0.25, -0.2) is 4.90 Å². The fourth-order valence-corrected chi connectivity index (χ4v) is 2.73. The molecule has 0 unspecified atom stereocenters. The highest BCUT2D eigenvalue weighted by Crippen LogP contribution is 2.28. The molecule has 0 spiro atoms. The molecule has 1 aliphatic heterocycles. The zero-order valence-electron chi connectivity index (χ0n) is 12.7. The molecule has 0 bridgehead atoms. The van der Waals surface area contributed by atoms with E-state index in [4.69, 9.17) is 0 Å². The van der Waals surface area contributed by atoms with Gasteiger partial charge in [-0.2, -0.15) is 0 Å². The lowest BCUT2D eigenvalue weighted by Crippen LogP contribution is -2.35. The van der Waals surface area contributed by atoms with Crippen molar-refractivity contribution in [2.24, 2.45) is 0 Å². The molecule has 1 aliphatic rings. The summed E-state index contributed by atoms with van der Waals surface area (Å²) in [5.74, 6) is -0.354. The second-order valence-corrected chi connectivity index (χ2v) is 5.57. The Morgan fingerprint density at radius 3 is 2.27 bits per heavy atom. The van der Waals surface area contributed by atoms with Crippen LogP contribution in [0, 0.1) is 13.8 Å². The van der Waals surface area contributed by atoms with Crippen LogP contribution in [0.1, 0.15) is 17.5 Å². The van der Waals surface area contributed by atoms with Crippen LogP contribution in [0.4, 0.5) is 11.4 Å². The first-order chi connectivity index (χ1) is 10.6. The van der Waals surface area contributed by atoms with Gasteiger partial charge in [0.25, 0.3) is 5.91 Å². The van der Waals surface area contributed by atoms with Crippen molar-refractivity contribution in [1.29, 1.82) is 0 Å². The van der Waals surface area contributed by atoms with E-state index in [-0.39, 0.29) is 18.2 Å². The predicted molar refractivity (Wildman–Crippen MR) is 86.9 cm³/mol. The number of hydrogen-bond acceptors (Lipinski definition) is 3. The van der Waals surface area contributed by atoms with Gasteiger partial charge in [-0.3, -0.25) is 9.59 Å². The monoisotopic (exact) mass is 294 g/mol. The molecule has 2 aromatic carbocycles. The van der Waals surface area contributed by atoms with Crippen molar-refractivity contribution in [2.45, 2.75) is 26.3 Å². The molecule has 2 aromatic rings. The molecular formula is C18H18N2O2. The molecule has 0 radical (unpaired) electrons. The number of carbonyl (C=O) groups excluding carboxylic acids is 2. The Morgan fingerprint density at radius 1 is 0.955 bits per heavy atom. The minimum Gasteiger partial charge on any atom is -0.373 e. The molecule has 4 nitrogen and oxygen atoms in total. The van der Waals surface area contributed by atoms with Gasteiger partial charge in [-0.15, -0.1) is 0 Å². The van der Waals surface area contributed by atoms with Crippen molar-refractivity contribution in [1.82, 2.24) is 0 Å². The molecule has 2 amide bonds. The average molecular weight is 294 g/mol. The van der Waals surface area contributed by atoms with Crippen LogP contribution >= 0.6 is 0 Å². The summed E-state index contributed by atoms with van der Waals surface area (Å²) in [7, 11) is 0. The average Bonchev–Trinajstić information content (AvgIpc) is 2.77. The summed E-state index contributed by atoms with van der Waals surface area (Å²) in [6.45, 7) is 3.88. The first kappa shape index (κ1) is 14.3. The van der Waals surface area contributed by atoms with Crippen LogP contribution in [-0.4, -0.2) is 17.9 Å². The van der Waals surface area contributed by atoms with E-state index in [9.17, 15) is 9.59 Å². The van der Waals surface area contributed by atoms with Crippen LogP contribution in [0.25, 0.3) is 0 Å². The SMILES string of the molecule is Cc1ccccc1N[C@H]1CC(=O)N(c2ccccc2C)C1=O. The van der Waals surface area contributed by atoms with E-state index < -0.39 is 6.04 Å². The van der Waals surface area contributed by atoms with E-state index in [1.54, 1.807) is 6.07 Å². The third-order valence-electron chi connectivity index (χ3n) is 3.98. The topological polar surface area (TPSA) is 49.4 Å². The van der Waals surface area contributed by atoms with Crippen LogP contribution < -0.4 is 10.2 Å². The van der Waals surface area contributed by atoms with E-state index >= 15 is 0 Å². The Morgan fingerprint density at radius 2 is 1.59 bits per heavy atom. The molecule has 1 atom stereocenters. The number of benzene rings is 2. The predicted octanol–water partition coefficient (Wildman–Crippen LogP) is 3.05. The van der Waals surface area contributed by atoms with Gasteiger partial charge in [0.2, 0.25) is 5.91 Å². The second kappa shape index (κ2) is 5.64. The third kappa shape index (κ3) is 2.48. The summed E-state index contributed by atoms with van der Waals surface area (Å²) >= 11 is 0. The number of hydrogen-bond donors (Lipinski definition) is 1. The number of nitrogens with one attached hydrogen (secondary N) is 1. The highest BCUT2D eigenvalue weighted by Gasteiger charge is 2.40. The van der Waals surface area contributed by atoms with Gasteiger partial charge in [-0.05, 0) is 37.1 Å². The van der Waals surface area contributed by atoms with Gasteiger partial charge in [0.1, 0.15) is 6.04 Å². The lowest BCUT2D eigenvalue weighted by Gasteiger charge is -2.18. The first-order valence-corrected chi connectivity index (χ1v) is 7.32. The molecule has 0 aliphatic carbocycles. The zero-order chi connectivity index (χ0) is 15.7. The maximum Gasteiger partial charge on any atom is 0.256 e. The molecule has 4 heteroatoms. The quantitative estimate of drug-likeness (QED) is 0.885. The molecular weight excluding hydrogens is 276 g/mol. The van der Waals surface area contributed by atoms with Gasteiger partial charge >= 0.3 is 0 Å². The lowest BCUT2D eigenvalue weighted by molar-refractivity contribution is -0.121. The summed E-state index contributed by atoms with van der Waals surface area (Å²) in [6, 6.07) is 14.7. The first-order valence-electron chi connectivity index (χ1n) is 7.32. The number of amides is 2. The van der Waals surface area contributed by atoms with E-state index in [1.807, 2.05) is 56.3 Å². The lowest BCUT2D eigenvalue weighted by atomic mass is 10.1. The molecule has 112 valence electrons. The highest BCUT2D eigenvalue weighted by molar-refractivity contribution is 6.23. The van der Waals surface area contributed by atoms with E-state index in [0.717, 1.165) is 16.8 Å². The van der Waals surface area contributed by atoms with Crippen LogP contribution in [0.2, 0.25) is 0 Å². The fourth-order valence-electron chi connectivity index (χ4n) is 2.73. The van der Waals surface area contributed by atoms with Crippen molar-refractivity contribution in [3.63, 3.8) is 0 Å². The van der Waals surface area contributed by atoms with Crippen LogP contribution in [0.5, 0.6) is 0 Å². The number of rotatable bonds is 3. The van der Waals surface area contributed by atoms with Crippen molar-refractivity contribution in [3.8, 4) is 0 Å². The number of para-hydroxylation sites is 2. The van der Waals surface area contributed by atoms with E-state index in [2.05, 4.69) is 5.32 Å². The summed E-state index contributed by atoms with van der Waals surface area (Å²) in [6.07, 6.45) is 0.182. The largest absolute Gasteiger partial charge is 0.373 e. The molecule has 0 aromatic heterocycles. The maximum absolute atomic E-state index is 12.6. The van der Waals surface area contributed by atoms with E-state index in [1.165, 1.54) is 4.90 Å². The summed E-state index contributed by atoms with van der Waals surface area (Å²) in [4.78, 5) is 26.2. The van der Waals surface area contributed by atoms with Gasteiger partial charge in [0, 0.05) is 5.69 Å². The Kier molecular flexibility index (Phi) is 3.67. The Balaban J connectivity index is 1.86. The summed E-state index contributed by atoms with van der Waals surface area (Å²) in [5, 5.41) is 3.20. The maximum atomic E-state index is 12.6. The van der Waals surface area contributed by atoms with Crippen molar-refractivity contribution >= 4 is 23.2 Å². The van der Waals surface area contributed by atoms with Gasteiger partial charge in [0.15, 0.2) is 0 Å². The van der Waals surface area contributed by atoms with Crippen LogP contribution in [0.3, 0.4) is 0 Å². The number of aryl methyl sites for hydroxylation is 2. The van der Waals surface area contributed by atoms with Crippen LogP contribution in [-0.2, 0) is 9.59 Å². The molecule has 3 rings (SSSR count). The van der Waals surface area contributed by atoms with Gasteiger partial charge in [-0.1, -0.05) is 36.4 Å². The molecule has 0 saturated carbocycles. The fraction of sp³-hybridized carbons (Fsp3) is 0.222. The van der Waals surface area contributed by atoms with Crippen molar-refractivity contribution < 1.29 is 9.59 Å². The second-order valence-electron chi connectivity index (χ2n) is 5.57. The molecule has 1 heterocycles. The minimum absolute atomic E-state index is 0.162. The number of anilines is 2. The van der Waals surface area contributed by atoms with Crippen LogP contribution in [0.15, 0.2) is 48.5 Å². The van der Waals surface area contributed by atoms with Crippen molar-refractivity contribution in [2.75, 3.05) is 10.2 Å². The van der Waals surface area contributed by atoms with Gasteiger partial charge in [0.05, 0.1) is 12.1 Å². The number of nitrogens with zero attached hydrogens (tertiary/aromatic N) is 1.